The summed E-state index contributed by atoms with van der Waals surface area (Å²) in [5.41, 5.74) is 2.52. The Morgan fingerprint density at radius 1 is 0.947 bits per heavy atom. The van der Waals surface area contributed by atoms with Gasteiger partial charge >= 0.3 is 0 Å². The van der Waals surface area contributed by atoms with E-state index in [2.05, 4.69) is 21.0 Å². The van der Waals surface area contributed by atoms with Crippen LogP contribution in [0.4, 0.5) is 0 Å². The first-order chi connectivity index (χ1) is 9.25. The number of hydrogen-bond donors (Lipinski definition) is 1. The molecule has 0 unspecified atom stereocenters. The standard InChI is InChI=1S/C15H11BrN2O/c16-12-8-4-5-9-14(12)18-15(19)10-13(17-18)11-6-2-1-3-7-11/h1-10,17H. The highest BCUT2D eigenvalue weighted by molar-refractivity contribution is 9.10. The van der Waals surface area contributed by atoms with Crippen molar-refractivity contribution < 1.29 is 0 Å². The lowest BCUT2D eigenvalue weighted by molar-refractivity contribution is 0.848. The third-order valence-electron chi connectivity index (χ3n) is 2.90. The third kappa shape index (κ3) is 2.27. The number of H-pyrrole nitrogens is 1. The molecule has 0 saturated carbocycles. The molecule has 19 heavy (non-hydrogen) atoms. The lowest BCUT2D eigenvalue weighted by Crippen LogP contribution is -2.13. The molecular formula is C15H11BrN2O. The maximum atomic E-state index is 12.1. The predicted molar refractivity (Wildman–Crippen MR) is 79.5 cm³/mol. The zero-order chi connectivity index (χ0) is 13.2. The SMILES string of the molecule is O=c1cc(-c2ccccc2)[nH]n1-c1ccccc1Br. The monoisotopic (exact) mass is 314 g/mol. The lowest BCUT2D eigenvalue weighted by Gasteiger charge is -2.04. The summed E-state index contributed by atoms with van der Waals surface area (Å²) in [7, 11) is 0. The fraction of sp³-hybridized carbons (Fsp3) is 0. The Morgan fingerprint density at radius 2 is 1.63 bits per heavy atom. The molecule has 94 valence electrons. The molecule has 1 N–H and O–H groups in total. The van der Waals surface area contributed by atoms with E-state index in [1.165, 1.54) is 4.68 Å². The van der Waals surface area contributed by atoms with Gasteiger partial charge in [0.2, 0.25) is 0 Å². The van der Waals surface area contributed by atoms with E-state index in [4.69, 9.17) is 0 Å². The molecule has 0 aliphatic carbocycles. The fourth-order valence-corrected chi connectivity index (χ4v) is 2.44. The van der Waals surface area contributed by atoms with E-state index in [0.717, 1.165) is 21.4 Å². The first kappa shape index (κ1) is 12.0. The van der Waals surface area contributed by atoms with Crippen molar-refractivity contribution in [2.45, 2.75) is 0 Å². The normalized spacial score (nSPS) is 10.6. The number of nitrogens with zero attached hydrogens (tertiary/aromatic N) is 1. The third-order valence-corrected chi connectivity index (χ3v) is 3.57. The summed E-state index contributed by atoms with van der Waals surface area (Å²) in [5.74, 6) is 0. The number of aromatic amines is 1. The number of rotatable bonds is 2. The van der Waals surface area contributed by atoms with Gasteiger partial charge in [-0.25, -0.2) is 4.68 Å². The van der Waals surface area contributed by atoms with Crippen molar-refractivity contribution in [3.8, 4) is 16.9 Å². The molecule has 0 bridgehead atoms. The second-order valence-electron chi connectivity index (χ2n) is 4.16. The van der Waals surface area contributed by atoms with Crippen LogP contribution in [0.1, 0.15) is 0 Å². The van der Waals surface area contributed by atoms with Crippen molar-refractivity contribution in [1.82, 2.24) is 9.78 Å². The molecule has 0 radical (unpaired) electrons. The van der Waals surface area contributed by atoms with Gasteiger partial charge in [-0.2, -0.15) is 0 Å². The van der Waals surface area contributed by atoms with E-state index in [-0.39, 0.29) is 5.56 Å². The summed E-state index contributed by atoms with van der Waals surface area (Å²) in [6.45, 7) is 0. The zero-order valence-electron chi connectivity index (χ0n) is 10.0. The van der Waals surface area contributed by atoms with Gasteiger partial charge in [0.1, 0.15) is 0 Å². The Balaban J connectivity index is 2.14. The molecule has 2 aromatic carbocycles. The number of hydrogen-bond acceptors (Lipinski definition) is 1. The highest BCUT2D eigenvalue weighted by atomic mass is 79.9. The van der Waals surface area contributed by atoms with E-state index in [1.54, 1.807) is 6.07 Å². The summed E-state index contributed by atoms with van der Waals surface area (Å²) in [5, 5.41) is 3.13. The molecule has 0 fully saturated rings. The maximum Gasteiger partial charge on any atom is 0.271 e. The van der Waals surface area contributed by atoms with Crippen LogP contribution in [-0.2, 0) is 0 Å². The summed E-state index contributed by atoms with van der Waals surface area (Å²) in [6, 6.07) is 19.0. The zero-order valence-corrected chi connectivity index (χ0v) is 11.6. The van der Waals surface area contributed by atoms with Crippen molar-refractivity contribution in [1.29, 1.82) is 0 Å². The van der Waals surface area contributed by atoms with Gasteiger partial charge in [-0.1, -0.05) is 42.5 Å². The molecule has 0 aliphatic rings. The Bertz CT molecular complexity index is 759. The van der Waals surface area contributed by atoms with Crippen LogP contribution in [-0.4, -0.2) is 9.78 Å². The summed E-state index contributed by atoms with van der Waals surface area (Å²) >= 11 is 3.45. The van der Waals surface area contributed by atoms with Crippen molar-refractivity contribution >= 4 is 15.9 Å². The molecule has 3 rings (SSSR count). The Kier molecular flexibility index (Phi) is 3.09. The minimum absolute atomic E-state index is 0.0780. The smallest absolute Gasteiger partial charge is 0.271 e. The molecule has 3 aromatic rings. The molecule has 0 aliphatic heterocycles. The lowest BCUT2D eigenvalue weighted by atomic mass is 10.2. The number of aromatic nitrogens is 2. The number of halogens is 1. The molecule has 0 spiro atoms. The van der Waals surface area contributed by atoms with Crippen molar-refractivity contribution in [3.63, 3.8) is 0 Å². The van der Waals surface area contributed by atoms with Gasteiger partial charge in [-0.3, -0.25) is 9.89 Å². The van der Waals surface area contributed by atoms with Gasteiger partial charge in [-0.15, -0.1) is 0 Å². The quantitative estimate of drug-likeness (QED) is 0.771. The number of para-hydroxylation sites is 1. The van der Waals surface area contributed by atoms with E-state index in [9.17, 15) is 4.79 Å². The van der Waals surface area contributed by atoms with Crippen LogP contribution in [0, 0.1) is 0 Å². The van der Waals surface area contributed by atoms with Gasteiger partial charge in [0.05, 0.1) is 11.4 Å². The van der Waals surface area contributed by atoms with E-state index in [0.29, 0.717) is 0 Å². The predicted octanol–water partition coefficient (Wildman–Crippen LogP) is 3.60. The summed E-state index contributed by atoms with van der Waals surface area (Å²) in [6.07, 6.45) is 0. The Hall–Kier alpha value is -2.07. The fourth-order valence-electron chi connectivity index (χ4n) is 1.97. The van der Waals surface area contributed by atoms with E-state index >= 15 is 0 Å². The summed E-state index contributed by atoms with van der Waals surface area (Å²) < 4.78 is 2.41. The largest absolute Gasteiger partial charge is 0.290 e. The van der Waals surface area contributed by atoms with Gasteiger partial charge in [0.15, 0.2) is 0 Å². The number of benzene rings is 2. The maximum absolute atomic E-state index is 12.1. The molecule has 1 aromatic heterocycles. The molecule has 1 heterocycles. The average Bonchev–Trinajstić information content (AvgIpc) is 2.82. The second kappa shape index (κ2) is 4.90. The van der Waals surface area contributed by atoms with Crippen LogP contribution in [0.25, 0.3) is 16.9 Å². The molecule has 3 nitrogen and oxygen atoms in total. The van der Waals surface area contributed by atoms with Crippen LogP contribution in [0.3, 0.4) is 0 Å². The van der Waals surface area contributed by atoms with Gasteiger partial charge < -0.3 is 0 Å². The highest BCUT2D eigenvalue weighted by Crippen LogP contribution is 2.20. The Morgan fingerprint density at radius 3 is 2.37 bits per heavy atom. The second-order valence-corrected chi connectivity index (χ2v) is 5.02. The minimum atomic E-state index is -0.0780. The van der Waals surface area contributed by atoms with E-state index in [1.807, 2.05) is 54.6 Å². The van der Waals surface area contributed by atoms with Crippen LogP contribution in [0.15, 0.2) is 69.9 Å². The van der Waals surface area contributed by atoms with Crippen LogP contribution in [0.2, 0.25) is 0 Å². The van der Waals surface area contributed by atoms with Crippen molar-refractivity contribution in [2.24, 2.45) is 0 Å². The molecule has 4 heteroatoms. The van der Waals surface area contributed by atoms with Crippen molar-refractivity contribution in [2.75, 3.05) is 0 Å². The highest BCUT2D eigenvalue weighted by Gasteiger charge is 2.08. The molecule has 0 saturated heterocycles. The molecular weight excluding hydrogens is 304 g/mol. The summed E-state index contributed by atoms with van der Waals surface area (Å²) in [4.78, 5) is 12.1. The van der Waals surface area contributed by atoms with Crippen LogP contribution >= 0.6 is 15.9 Å². The van der Waals surface area contributed by atoms with Crippen LogP contribution in [0.5, 0.6) is 0 Å². The minimum Gasteiger partial charge on any atom is -0.290 e. The average molecular weight is 315 g/mol. The van der Waals surface area contributed by atoms with Gasteiger partial charge in [0.25, 0.3) is 5.56 Å². The number of nitrogens with one attached hydrogen (secondary N) is 1. The van der Waals surface area contributed by atoms with Crippen molar-refractivity contribution in [3.05, 3.63) is 75.5 Å². The van der Waals surface area contributed by atoms with Gasteiger partial charge in [0, 0.05) is 10.5 Å². The van der Waals surface area contributed by atoms with Crippen LogP contribution < -0.4 is 5.56 Å². The first-order valence-electron chi connectivity index (χ1n) is 5.88. The molecule has 0 atom stereocenters. The first-order valence-corrected chi connectivity index (χ1v) is 6.67. The van der Waals surface area contributed by atoms with Gasteiger partial charge in [-0.05, 0) is 33.6 Å². The molecule has 0 amide bonds. The topological polar surface area (TPSA) is 37.8 Å². The van der Waals surface area contributed by atoms with E-state index < -0.39 is 0 Å². The Labute approximate surface area is 118 Å².